The van der Waals surface area contributed by atoms with Crippen LogP contribution in [0.15, 0.2) is 24.5 Å². The fourth-order valence-electron chi connectivity index (χ4n) is 4.19. The van der Waals surface area contributed by atoms with Crippen LogP contribution < -0.4 is 20.3 Å². The molecule has 2 aliphatic rings. The summed E-state index contributed by atoms with van der Waals surface area (Å²) in [6, 6.07) is 4.01. The van der Waals surface area contributed by atoms with Crippen molar-refractivity contribution >= 4 is 17.4 Å². The summed E-state index contributed by atoms with van der Waals surface area (Å²) in [5.74, 6) is 0.728. The molecule has 1 aliphatic heterocycles. The molecular formula is C20H27N5O2. The third-order valence-corrected chi connectivity index (χ3v) is 5.52. The van der Waals surface area contributed by atoms with Crippen molar-refractivity contribution in [3.05, 3.63) is 35.7 Å². The minimum atomic E-state index is -0.161. The molecule has 2 amide bonds. The summed E-state index contributed by atoms with van der Waals surface area (Å²) in [6.07, 6.45) is 9.10. The summed E-state index contributed by atoms with van der Waals surface area (Å²) in [5, 5.41) is 10.4. The van der Waals surface area contributed by atoms with Crippen LogP contribution in [0.5, 0.6) is 5.75 Å². The average Bonchev–Trinajstić information content (AvgIpc) is 3.31. The summed E-state index contributed by atoms with van der Waals surface area (Å²) in [5.41, 5.74) is 4.45. The molecule has 2 N–H and O–H groups in total. The van der Waals surface area contributed by atoms with Crippen LogP contribution in [0.25, 0.3) is 0 Å². The Hall–Kier alpha value is -2.70. The smallest absolute Gasteiger partial charge is 0.319 e. The first-order chi connectivity index (χ1) is 13.1. The van der Waals surface area contributed by atoms with Gasteiger partial charge in [0, 0.05) is 32.4 Å². The molecule has 27 heavy (non-hydrogen) atoms. The Balaban J connectivity index is 1.42. The van der Waals surface area contributed by atoms with Crippen LogP contribution in [-0.2, 0) is 19.9 Å². The summed E-state index contributed by atoms with van der Waals surface area (Å²) in [6.45, 7) is 1.79. The molecule has 1 aliphatic carbocycles. The molecule has 4 rings (SSSR count). The fourth-order valence-corrected chi connectivity index (χ4v) is 4.19. The monoisotopic (exact) mass is 369 g/mol. The number of aryl methyl sites for hydroxylation is 2. The summed E-state index contributed by atoms with van der Waals surface area (Å²) >= 11 is 0. The normalized spacial score (nSPS) is 18.9. The summed E-state index contributed by atoms with van der Waals surface area (Å²) < 4.78 is 7.29. The van der Waals surface area contributed by atoms with Crippen molar-refractivity contribution in [2.75, 3.05) is 30.4 Å². The average molecular weight is 369 g/mol. The molecule has 2 aromatic rings. The van der Waals surface area contributed by atoms with Gasteiger partial charge in [0.2, 0.25) is 0 Å². The lowest BCUT2D eigenvalue weighted by Crippen LogP contribution is -2.49. The third kappa shape index (κ3) is 3.72. The summed E-state index contributed by atoms with van der Waals surface area (Å²) in [7, 11) is 3.56. The zero-order valence-corrected chi connectivity index (χ0v) is 16.0. The van der Waals surface area contributed by atoms with Gasteiger partial charge < -0.3 is 20.3 Å². The second kappa shape index (κ2) is 7.50. The van der Waals surface area contributed by atoms with Crippen molar-refractivity contribution in [1.82, 2.24) is 15.1 Å². The van der Waals surface area contributed by atoms with Gasteiger partial charge in [-0.15, -0.1) is 0 Å². The van der Waals surface area contributed by atoms with Gasteiger partial charge in [-0.25, -0.2) is 4.79 Å². The molecule has 0 radical (unpaired) electrons. The predicted molar refractivity (Wildman–Crippen MR) is 106 cm³/mol. The van der Waals surface area contributed by atoms with Gasteiger partial charge in [-0.05, 0) is 49.3 Å². The highest BCUT2D eigenvalue weighted by Gasteiger charge is 2.24. The van der Waals surface area contributed by atoms with Gasteiger partial charge in [0.25, 0.3) is 0 Å². The largest absolute Gasteiger partial charge is 0.495 e. The van der Waals surface area contributed by atoms with Gasteiger partial charge >= 0.3 is 6.03 Å². The van der Waals surface area contributed by atoms with Crippen molar-refractivity contribution in [2.24, 2.45) is 7.05 Å². The van der Waals surface area contributed by atoms with Crippen LogP contribution in [0, 0.1) is 0 Å². The number of aromatic nitrogens is 2. The van der Waals surface area contributed by atoms with Gasteiger partial charge in [-0.3, -0.25) is 4.68 Å². The van der Waals surface area contributed by atoms with E-state index < -0.39 is 0 Å². The van der Waals surface area contributed by atoms with Crippen LogP contribution in [0.2, 0.25) is 0 Å². The van der Waals surface area contributed by atoms with Crippen molar-refractivity contribution in [3.63, 3.8) is 0 Å². The van der Waals surface area contributed by atoms with E-state index >= 15 is 0 Å². The Labute approximate surface area is 159 Å². The molecule has 144 valence electrons. The molecule has 1 saturated heterocycles. The third-order valence-electron chi connectivity index (χ3n) is 5.52. The second-order valence-corrected chi connectivity index (χ2v) is 7.39. The van der Waals surface area contributed by atoms with Crippen molar-refractivity contribution in [2.45, 2.75) is 38.1 Å². The number of carbonyl (C=O) groups is 1. The number of ether oxygens (including phenoxy) is 1. The number of nitrogens with one attached hydrogen (secondary N) is 2. The van der Waals surface area contributed by atoms with E-state index in [-0.39, 0.29) is 12.1 Å². The maximum absolute atomic E-state index is 12.7. The standard InChI is InChI=1S/C20H27N5O2/c1-24-13-16(11-21-24)25-10-4-6-15(12-25)22-20(26)23-19-17-7-3-5-14(17)8-9-18(19)27-2/h8-9,11,13,15H,3-7,10,12H2,1-2H3,(H2,22,23,26)/t15-/m1/s1. The molecule has 0 bridgehead atoms. The number of hydrogen-bond acceptors (Lipinski definition) is 4. The van der Waals surface area contributed by atoms with E-state index in [2.05, 4.69) is 26.7 Å². The zero-order valence-electron chi connectivity index (χ0n) is 16.0. The molecule has 0 spiro atoms. The lowest BCUT2D eigenvalue weighted by molar-refractivity contribution is 0.246. The van der Waals surface area contributed by atoms with Crippen LogP contribution in [0.4, 0.5) is 16.2 Å². The molecule has 1 aromatic heterocycles. The Morgan fingerprint density at radius 2 is 2.19 bits per heavy atom. The Morgan fingerprint density at radius 1 is 1.30 bits per heavy atom. The fraction of sp³-hybridized carbons (Fsp3) is 0.500. The maximum atomic E-state index is 12.7. The number of methoxy groups -OCH3 is 1. The van der Waals surface area contributed by atoms with Crippen molar-refractivity contribution in [3.8, 4) is 5.75 Å². The number of fused-ring (bicyclic) bond motifs is 1. The van der Waals surface area contributed by atoms with Gasteiger partial charge in [0.05, 0.1) is 24.7 Å². The SMILES string of the molecule is COc1ccc2c(c1NC(=O)N[C@@H]1CCCN(c3cnn(C)c3)C1)CCC2. The van der Waals surface area contributed by atoms with E-state index in [1.807, 2.05) is 25.5 Å². The number of amides is 2. The van der Waals surface area contributed by atoms with E-state index in [0.717, 1.165) is 62.3 Å². The van der Waals surface area contributed by atoms with E-state index in [1.54, 1.807) is 11.8 Å². The number of hydrogen-bond donors (Lipinski definition) is 2. The number of anilines is 2. The maximum Gasteiger partial charge on any atom is 0.319 e. The zero-order chi connectivity index (χ0) is 18.8. The van der Waals surface area contributed by atoms with Gasteiger partial charge in [0.1, 0.15) is 5.75 Å². The molecule has 0 unspecified atom stereocenters. The topological polar surface area (TPSA) is 71.4 Å². The van der Waals surface area contributed by atoms with E-state index in [4.69, 9.17) is 4.74 Å². The van der Waals surface area contributed by atoms with E-state index in [9.17, 15) is 4.79 Å². The van der Waals surface area contributed by atoms with Crippen LogP contribution >= 0.6 is 0 Å². The highest BCUT2D eigenvalue weighted by Crippen LogP contribution is 2.36. The first-order valence-electron chi connectivity index (χ1n) is 9.64. The Bertz CT molecular complexity index is 832. The lowest BCUT2D eigenvalue weighted by Gasteiger charge is -2.33. The van der Waals surface area contributed by atoms with Gasteiger partial charge in [-0.2, -0.15) is 5.10 Å². The Kier molecular flexibility index (Phi) is 4.92. The first-order valence-corrected chi connectivity index (χ1v) is 9.64. The highest BCUT2D eigenvalue weighted by molar-refractivity contribution is 5.92. The molecule has 1 aromatic carbocycles. The lowest BCUT2D eigenvalue weighted by atomic mass is 10.1. The summed E-state index contributed by atoms with van der Waals surface area (Å²) in [4.78, 5) is 15.0. The molecular weight excluding hydrogens is 342 g/mol. The number of urea groups is 1. The molecule has 7 nitrogen and oxygen atoms in total. The number of carbonyl (C=O) groups excluding carboxylic acids is 1. The van der Waals surface area contributed by atoms with E-state index in [0.29, 0.717) is 0 Å². The first kappa shape index (κ1) is 17.7. The minimum Gasteiger partial charge on any atom is -0.495 e. The molecule has 7 heteroatoms. The number of piperidine rings is 1. The van der Waals surface area contributed by atoms with Crippen molar-refractivity contribution in [1.29, 1.82) is 0 Å². The Morgan fingerprint density at radius 3 is 2.96 bits per heavy atom. The van der Waals surface area contributed by atoms with Gasteiger partial charge in [-0.1, -0.05) is 6.07 Å². The predicted octanol–water partition coefficient (Wildman–Crippen LogP) is 2.71. The number of rotatable bonds is 4. The number of benzene rings is 1. The quantitative estimate of drug-likeness (QED) is 0.869. The van der Waals surface area contributed by atoms with Crippen LogP contribution in [0.3, 0.4) is 0 Å². The highest BCUT2D eigenvalue weighted by atomic mass is 16.5. The second-order valence-electron chi connectivity index (χ2n) is 7.39. The van der Waals surface area contributed by atoms with Crippen LogP contribution in [0.1, 0.15) is 30.4 Å². The molecule has 1 fully saturated rings. The minimum absolute atomic E-state index is 0.113. The number of nitrogens with zero attached hydrogens (tertiary/aromatic N) is 3. The molecule has 2 heterocycles. The van der Waals surface area contributed by atoms with E-state index in [1.165, 1.54) is 11.1 Å². The van der Waals surface area contributed by atoms with Crippen LogP contribution in [-0.4, -0.2) is 42.1 Å². The molecule has 1 atom stereocenters. The molecule has 0 saturated carbocycles. The van der Waals surface area contributed by atoms with Crippen molar-refractivity contribution < 1.29 is 9.53 Å². The van der Waals surface area contributed by atoms with Gasteiger partial charge in [0.15, 0.2) is 0 Å².